The summed E-state index contributed by atoms with van der Waals surface area (Å²) in [6.45, 7) is 4.73. The Bertz CT molecular complexity index is 1470. The lowest BCUT2D eigenvalue weighted by Crippen LogP contribution is -2.29. The largest absolute Gasteiger partial charge is 0.507 e. The molecule has 1 fully saturated rings. The van der Waals surface area contributed by atoms with Crippen molar-refractivity contribution in [1.29, 1.82) is 0 Å². The van der Waals surface area contributed by atoms with Crippen LogP contribution in [0, 0.1) is 6.92 Å². The topological polar surface area (TPSA) is 82.6 Å². The lowest BCUT2D eigenvalue weighted by Gasteiger charge is -2.25. The van der Waals surface area contributed by atoms with Crippen molar-refractivity contribution in [2.75, 3.05) is 11.5 Å². The van der Waals surface area contributed by atoms with Gasteiger partial charge in [0.15, 0.2) is 0 Å². The maximum atomic E-state index is 13.4. The average molecular weight is 495 g/mol. The maximum Gasteiger partial charge on any atom is 0.300 e. The molecule has 1 unspecified atom stereocenters. The number of aryl methyl sites for hydroxylation is 1. The number of hydrogen-bond donors (Lipinski definition) is 2. The number of H-pyrrole nitrogens is 1. The molecule has 1 saturated heterocycles. The molecule has 1 aliphatic heterocycles. The molecule has 1 aliphatic rings. The number of fused-ring (bicyclic) bond motifs is 1. The molecular weight excluding hydrogens is 464 g/mol. The predicted octanol–water partition coefficient (Wildman–Crippen LogP) is 6.67. The molecule has 5 rings (SSSR count). The average Bonchev–Trinajstić information content (AvgIpc) is 3.45. The van der Waals surface area contributed by atoms with E-state index < -0.39 is 17.7 Å². The van der Waals surface area contributed by atoms with E-state index in [1.807, 2.05) is 61.7 Å². The molecule has 188 valence electrons. The number of benzene rings is 3. The SMILES string of the molecule is CCCCCOc1ccc(/C(O)=C2\C(=O)C(=O)N(c3ccc(C)cc3)C2c2c[nH]c3ccccc23)cc1. The summed E-state index contributed by atoms with van der Waals surface area (Å²) in [5.41, 5.74) is 3.78. The molecule has 0 saturated carbocycles. The van der Waals surface area contributed by atoms with E-state index in [0.29, 0.717) is 23.6 Å². The highest BCUT2D eigenvalue weighted by molar-refractivity contribution is 6.51. The zero-order valence-corrected chi connectivity index (χ0v) is 21.0. The van der Waals surface area contributed by atoms with E-state index in [9.17, 15) is 14.7 Å². The lowest BCUT2D eigenvalue weighted by atomic mass is 9.94. The summed E-state index contributed by atoms with van der Waals surface area (Å²) >= 11 is 0. The second kappa shape index (κ2) is 10.3. The van der Waals surface area contributed by atoms with E-state index in [2.05, 4.69) is 11.9 Å². The summed E-state index contributed by atoms with van der Waals surface area (Å²) in [7, 11) is 0. The molecule has 0 aliphatic carbocycles. The van der Waals surface area contributed by atoms with E-state index in [1.54, 1.807) is 24.3 Å². The number of unbranched alkanes of at least 4 members (excludes halogenated alkanes) is 2. The number of carbonyl (C=O) groups excluding carboxylic acids is 2. The Morgan fingerprint density at radius 3 is 2.43 bits per heavy atom. The second-order valence-electron chi connectivity index (χ2n) is 9.37. The molecular formula is C31H30N2O4. The number of aliphatic hydroxyl groups is 1. The number of ether oxygens (including phenoxy) is 1. The van der Waals surface area contributed by atoms with Gasteiger partial charge in [0.2, 0.25) is 0 Å². The van der Waals surface area contributed by atoms with E-state index in [1.165, 1.54) is 4.90 Å². The third-order valence-electron chi connectivity index (χ3n) is 6.82. The van der Waals surface area contributed by atoms with Crippen LogP contribution in [0.2, 0.25) is 0 Å². The van der Waals surface area contributed by atoms with Crippen LogP contribution in [0.4, 0.5) is 5.69 Å². The Balaban J connectivity index is 1.59. The molecule has 1 amide bonds. The smallest absolute Gasteiger partial charge is 0.300 e. The molecule has 2 heterocycles. The highest BCUT2D eigenvalue weighted by Gasteiger charge is 2.47. The molecule has 0 spiro atoms. The van der Waals surface area contributed by atoms with Gasteiger partial charge >= 0.3 is 0 Å². The molecule has 0 radical (unpaired) electrons. The molecule has 6 heteroatoms. The minimum absolute atomic E-state index is 0.0620. The van der Waals surface area contributed by atoms with Crippen molar-refractivity contribution in [3.8, 4) is 5.75 Å². The predicted molar refractivity (Wildman–Crippen MR) is 146 cm³/mol. The van der Waals surface area contributed by atoms with E-state index in [0.717, 1.165) is 41.3 Å². The summed E-state index contributed by atoms with van der Waals surface area (Å²) in [5.74, 6) is -0.897. The Morgan fingerprint density at radius 1 is 0.973 bits per heavy atom. The molecule has 3 aromatic carbocycles. The van der Waals surface area contributed by atoms with Crippen LogP contribution in [-0.4, -0.2) is 28.4 Å². The van der Waals surface area contributed by atoms with Crippen LogP contribution in [0.25, 0.3) is 16.7 Å². The first-order valence-corrected chi connectivity index (χ1v) is 12.7. The third-order valence-corrected chi connectivity index (χ3v) is 6.82. The number of aromatic nitrogens is 1. The lowest BCUT2D eigenvalue weighted by molar-refractivity contribution is -0.132. The summed E-state index contributed by atoms with van der Waals surface area (Å²) in [6.07, 6.45) is 5.01. The molecule has 1 aromatic heterocycles. The second-order valence-corrected chi connectivity index (χ2v) is 9.37. The van der Waals surface area contributed by atoms with Gasteiger partial charge in [0.05, 0.1) is 18.2 Å². The Kier molecular flexibility index (Phi) is 6.82. The monoisotopic (exact) mass is 494 g/mol. The van der Waals surface area contributed by atoms with Crippen LogP contribution in [-0.2, 0) is 9.59 Å². The quantitative estimate of drug-likeness (QED) is 0.124. The van der Waals surface area contributed by atoms with Crippen molar-refractivity contribution < 1.29 is 19.4 Å². The van der Waals surface area contributed by atoms with Gasteiger partial charge in [-0.15, -0.1) is 0 Å². The fraction of sp³-hybridized carbons (Fsp3) is 0.226. The summed E-state index contributed by atoms with van der Waals surface area (Å²) in [6, 6.07) is 21.4. The van der Waals surface area contributed by atoms with Gasteiger partial charge in [-0.3, -0.25) is 14.5 Å². The number of para-hydroxylation sites is 1. The van der Waals surface area contributed by atoms with Crippen LogP contribution in [0.5, 0.6) is 5.75 Å². The first-order valence-electron chi connectivity index (χ1n) is 12.7. The molecule has 1 atom stereocenters. The number of hydrogen-bond acceptors (Lipinski definition) is 4. The van der Waals surface area contributed by atoms with Crippen molar-refractivity contribution in [3.05, 3.63) is 101 Å². The van der Waals surface area contributed by atoms with Crippen molar-refractivity contribution in [2.45, 2.75) is 39.2 Å². The highest BCUT2D eigenvalue weighted by atomic mass is 16.5. The maximum absolute atomic E-state index is 13.4. The van der Waals surface area contributed by atoms with Crippen LogP contribution in [0.3, 0.4) is 0 Å². The molecule has 37 heavy (non-hydrogen) atoms. The van der Waals surface area contributed by atoms with Crippen molar-refractivity contribution in [2.24, 2.45) is 0 Å². The number of amides is 1. The summed E-state index contributed by atoms with van der Waals surface area (Å²) < 4.78 is 5.79. The minimum atomic E-state index is -0.788. The summed E-state index contributed by atoms with van der Waals surface area (Å²) in [4.78, 5) is 31.6. The van der Waals surface area contributed by atoms with Crippen molar-refractivity contribution >= 4 is 34.0 Å². The third kappa shape index (κ3) is 4.62. The number of nitrogens with one attached hydrogen (secondary N) is 1. The van der Waals surface area contributed by atoms with Gasteiger partial charge in [0, 0.05) is 33.9 Å². The summed E-state index contributed by atoms with van der Waals surface area (Å²) in [5, 5.41) is 12.3. The highest BCUT2D eigenvalue weighted by Crippen LogP contribution is 2.44. The fourth-order valence-corrected chi connectivity index (χ4v) is 4.83. The van der Waals surface area contributed by atoms with Gasteiger partial charge in [0.25, 0.3) is 11.7 Å². The van der Waals surface area contributed by atoms with Gasteiger partial charge in [-0.25, -0.2) is 0 Å². The van der Waals surface area contributed by atoms with Crippen LogP contribution in [0.1, 0.15) is 48.9 Å². The number of nitrogens with zero attached hydrogens (tertiary/aromatic N) is 1. The van der Waals surface area contributed by atoms with Crippen LogP contribution < -0.4 is 9.64 Å². The van der Waals surface area contributed by atoms with Gasteiger partial charge < -0.3 is 14.8 Å². The zero-order valence-electron chi connectivity index (χ0n) is 21.0. The van der Waals surface area contributed by atoms with E-state index >= 15 is 0 Å². The number of rotatable bonds is 8. The van der Waals surface area contributed by atoms with Gasteiger partial charge in [0.1, 0.15) is 11.5 Å². The zero-order chi connectivity index (χ0) is 25.9. The normalized spacial score (nSPS) is 17.0. The first kappa shape index (κ1) is 24.4. The standard InChI is InChI=1S/C31H30N2O4/c1-3-4-7-18-37-23-16-12-21(13-17-23)29(34)27-28(25-19-32-26-9-6-5-8-24(25)26)33(31(36)30(27)35)22-14-10-20(2)11-15-22/h5-6,8-17,19,28,32,34H,3-4,7,18H2,1-2H3/b29-27+. The number of aliphatic hydroxyl groups excluding tert-OH is 1. The van der Waals surface area contributed by atoms with Crippen LogP contribution in [0.15, 0.2) is 84.6 Å². The number of ketones is 1. The number of anilines is 1. The molecule has 2 N–H and O–H groups in total. The van der Waals surface area contributed by atoms with Gasteiger partial charge in [-0.05, 0) is 55.8 Å². The van der Waals surface area contributed by atoms with Crippen LogP contribution >= 0.6 is 0 Å². The number of aromatic amines is 1. The molecule has 6 nitrogen and oxygen atoms in total. The van der Waals surface area contributed by atoms with Gasteiger partial charge in [-0.2, -0.15) is 0 Å². The Hall–Kier alpha value is -4.32. The van der Waals surface area contributed by atoms with Gasteiger partial charge in [-0.1, -0.05) is 55.7 Å². The fourth-order valence-electron chi connectivity index (χ4n) is 4.83. The van der Waals surface area contributed by atoms with E-state index in [-0.39, 0.29) is 11.3 Å². The molecule has 4 aromatic rings. The van der Waals surface area contributed by atoms with Crippen molar-refractivity contribution in [3.63, 3.8) is 0 Å². The Labute approximate surface area is 216 Å². The molecule has 0 bridgehead atoms. The number of Topliss-reactive ketones (excluding diaryl/α,β-unsaturated/α-hetero) is 1. The minimum Gasteiger partial charge on any atom is -0.507 e. The first-order chi connectivity index (χ1) is 18.0. The Morgan fingerprint density at radius 2 is 1.70 bits per heavy atom. The van der Waals surface area contributed by atoms with E-state index in [4.69, 9.17) is 4.74 Å². The number of carbonyl (C=O) groups is 2. The van der Waals surface area contributed by atoms with Crippen molar-refractivity contribution in [1.82, 2.24) is 4.98 Å².